The first-order valence-corrected chi connectivity index (χ1v) is 8.86. The summed E-state index contributed by atoms with van der Waals surface area (Å²) in [6.07, 6.45) is 0.917. The highest BCUT2D eigenvalue weighted by Crippen LogP contribution is 2.22. The van der Waals surface area contributed by atoms with Gasteiger partial charge in [0, 0.05) is 18.0 Å². The molecule has 6 heteroatoms. The number of halogens is 1. The van der Waals surface area contributed by atoms with E-state index in [1.807, 2.05) is 37.3 Å². The third-order valence-corrected chi connectivity index (χ3v) is 4.20. The number of ether oxygens (including phenoxy) is 1. The van der Waals surface area contributed by atoms with Gasteiger partial charge in [-0.05, 0) is 43.2 Å². The minimum absolute atomic E-state index is 0.00290. The van der Waals surface area contributed by atoms with Crippen molar-refractivity contribution in [1.82, 2.24) is 4.90 Å². The molecule has 0 saturated heterocycles. The summed E-state index contributed by atoms with van der Waals surface area (Å²) in [4.78, 5) is 26.3. The number of carbonyl (C=O) groups excluding carboxylic acids is 2. The van der Waals surface area contributed by atoms with Gasteiger partial charge in [-0.25, -0.2) is 0 Å². The van der Waals surface area contributed by atoms with Gasteiger partial charge in [0.05, 0.1) is 19.3 Å². The lowest BCUT2D eigenvalue weighted by atomic mass is 10.1. The highest BCUT2D eigenvalue weighted by atomic mass is 35.5. The molecule has 0 unspecified atom stereocenters. The van der Waals surface area contributed by atoms with E-state index in [9.17, 15) is 9.59 Å². The summed E-state index contributed by atoms with van der Waals surface area (Å²) in [5.74, 6) is 0.256. The van der Waals surface area contributed by atoms with Crippen molar-refractivity contribution in [3.63, 3.8) is 0 Å². The van der Waals surface area contributed by atoms with E-state index in [0.29, 0.717) is 35.8 Å². The van der Waals surface area contributed by atoms with Crippen LogP contribution in [0.2, 0.25) is 5.02 Å². The quantitative estimate of drug-likeness (QED) is 0.765. The van der Waals surface area contributed by atoms with E-state index in [2.05, 4.69) is 5.32 Å². The minimum atomic E-state index is -0.257. The number of hydrogen-bond donors (Lipinski definition) is 1. The molecule has 0 fully saturated rings. The normalized spacial score (nSPS) is 10.3. The van der Waals surface area contributed by atoms with Crippen molar-refractivity contribution >= 4 is 29.1 Å². The predicted octanol–water partition coefficient (Wildman–Crippen LogP) is 3.77. The van der Waals surface area contributed by atoms with E-state index in [4.69, 9.17) is 16.3 Å². The van der Waals surface area contributed by atoms with Crippen LogP contribution in [0.3, 0.4) is 0 Å². The molecule has 0 saturated carbocycles. The van der Waals surface area contributed by atoms with Crippen LogP contribution in [-0.2, 0) is 16.0 Å². The summed E-state index contributed by atoms with van der Waals surface area (Å²) in [5, 5.41) is 3.44. The predicted molar refractivity (Wildman–Crippen MR) is 104 cm³/mol. The molecule has 0 aliphatic rings. The van der Waals surface area contributed by atoms with Gasteiger partial charge in [-0.3, -0.25) is 9.59 Å². The molecular formula is C20H23ClN2O3. The fourth-order valence-electron chi connectivity index (χ4n) is 2.59. The maximum absolute atomic E-state index is 12.4. The monoisotopic (exact) mass is 374 g/mol. The first kappa shape index (κ1) is 19.8. The Labute approximate surface area is 158 Å². The second-order valence-corrected chi connectivity index (χ2v) is 6.22. The van der Waals surface area contributed by atoms with E-state index in [1.54, 1.807) is 25.3 Å². The van der Waals surface area contributed by atoms with Crippen molar-refractivity contribution < 1.29 is 14.3 Å². The second-order valence-electron chi connectivity index (χ2n) is 5.79. The molecule has 138 valence electrons. The molecule has 26 heavy (non-hydrogen) atoms. The maximum Gasteiger partial charge on any atom is 0.244 e. The summed E-state index contributed by atoms with van der Waals surface area (Å²) in [6.45, 7) is 2.32. The first-order valence-electron chi connectivity index (χ1n) is 8.48. The zero-order valence-electron chi connectivity index (χ0n) is 15.0. The zero-order chi connectivity index (χ0) is 18.9. The number of rotatable bonds is 8. The lowest BCUT2D eigenvalue weighted by Crippen LogP contribution is -2.38. The number of nitrogens with one attached hydrogen (secondary N) is 1. The Morgan fingerprint density at radius 1 is 1.15 bits per heavy atom. The van der Waals surface area contributed by atoms with Gasteiger partial charge >= 0.3 is 0 Å². The van der Waals surface area contributed by atoms with E-state index < -0.39 is 0 Å². The molecule has 0 bridgehead atoms. The third-order valence-electron chi connectivity index (χ3n) is 3.97. The van der Waals surface area contributed by atoms with Crippen molar-refractivity contribution in [1.29, 1.82) is 0 Å². The summed E-state index contributed by atoms with van der Waals surface area (Å²) in [6, 6.07) is 14.6. The van der Waals surface area contributed by atoms with Crippen LogP contribution >= 0.6 is 11.6 Å². The molecule has 1 N–H and O–H groups in total. The highest BCUT2D eigenvalue weighted by Gasteiger charge is 2.16. The summed E-state index contributed by atoms with van der Waals surface area (Å²) in [7, 11) is 1.54. The summed E-state index contributed by atoms with van der Waals surface area (Å²) < 4.78 is 5.22. The van der Waals surface area contributed by atoms with Crippen LogP contribution in [0, 0.1) is 0 Å². The molecule has 2 rings (SSSR count). The van der Waals surface area contributed by atoms with E-state index in [1.165, 1.54) is 4.90 Å². The Hall–Kier alpha value is -2.53. The Kier molecular flexibility index (Phi) is 7.48. The number of hydrogen-bond acceptors (Lipinski definition) is 3. The summed E-state index contributed by atoms with van der Waals surface area (Å²) >= 11 is 5.96. The van der Waals surface area contributed by atoms with Gasteiger partial charge < -0.3 is 15.0 Å². The van der Waals surface area contributed by atoms with Crippen molar-refractivity contribution in [2.45, 2.75) is 19.8 Å². The van der Waals surface area contributed by atoms with Gasteiger partial charge in [-0.1, -0.05) is 35.9 Å². The number of para-hydroxylation sites is 2. The average molecular weight is 375 g/mol. The van der Waals surface area contributed by atoms with Gasteiger partial charge in [0.2, 0.25) is 11.8 Å². The zero-order valence-corrected chi connectivity index (χ0v) is 15.8. The fourth-order valence-corrected chi connectivity index (χ4v) is 2.80. The van der Waals surface area contributed by atoms with Gasteiger partial charge in [0.1, 0.15) is 5.75 Å². The van der Waals surface area contributed by atoms with E-state index in [0.717, 1.165) is 5.56 Å². The maximum atomic E-state index is 12.4. The average Bonchev–Trinajstić information content (AvgIpc) is 2.64. The lowest BCUT2D eigenvalue weighted by molar-refractivity contribution is -0.134. The van der Waals surface area contributed by atoms with E-state index in [-0.39, 0.29) is 18.4 Å². The standard InChI is InChI=1S/C20H23ClN2O3/c1-3-23(20(25)12-11-15-7-6-8-16(21)13-15)14-19(24)22-17-9-4-5-10-18(17)26-2/h4-10,13H,3,11-12,14H2,1-2H3,(H,22,24). The molecule has 0 spiro atoms. The highest BCUT2D eigenvalue weighted by molar-refractivity contribution is 6.30. The van der Waals surface area contributed by atoms with Gasteiger partial charge in [0.25, 0.3) is 0 Å². The molecule has 0 aliphatic heterocycles. The number of amides is 2. The van der Waals surface area contributed by atoms with Crippen molar-refractivity contribution in [3.05, 3.63) is 59.1 Å². The molecule has 0 radical (unpaired) electrons. The second kappa shape index (κ2) is 9.82. The number of methoxy groups -OCH3 is 1. The van der Waals surface area contributed by atoms with Crippen LogP contribution in [0.1, 0.15) is 18.9 Å². The third kappa shape index (κ3) is 5.77. The van der Waals surface area contributed by atoms with Crippen molar-refractivity contribution in [3.8, 4) is 5.75 Å². The number of likely N-dealkylation sites (N-methyl/N-ethyl adjacent to an activating group) is 1. The Bertz CT molecular complexity index is 764. The Morgan fingerprint density at radius 2 is 1.92 bits per heavy atom. The van der Waals surface area contributed by atoms with Crippen molar-refractivity contribution in [2.75, 3.05) is 25.5 Å². The first-order chi connectivity index (χ1) is 12.5. The SMILES string of the molecule is CCN(CC(=O)Nc1ccccc1OC)C(=O)CCc1cccc(Cl)c1. The smallest absolute Gasteiger partial charge is 0.244 e. The number of carbonyl (C=O) groups is 2. The van der Waals surface area contributed by atoms with Crippen LogP contribution < -0.4 is 10.1 Å². The molecule has 2 aromatic carbocycles. The molecule has 0 heterocycles. The van der Waals surface area contributed by atoms with Crippen LogP contribution in [-0.4, -0.2) is 36.9 Å². The number of benzene rings is 2. The van der Waals surface area contributed by atoms with Crippen LogP contribution in [0.25, 0.3) is 0 Å². The van der Waals surface area contributed by atoms with Crippen LogP contribution in [0.5, 0.6) is 5.75 Å². The summed E-state index contributed by atoms with van der Waals surface area (Å²) in [5.41, 5.74) is 1.59. The molecule has 2 aromatic rings. The Morgan fingerprint density at radius 3 is 2.62 bits per heavy atom. The van der Waals surface area contributed by atoms with Crippen LogP contribution in [0.15, 0.2) is 48.5 Å². The van der Waals surface area contributed by atoms with Crippen LogP contribution in [0.4, 0.5) is 5.69 Å². The topological polar surface area (TPSA) is 58.6 Å². The lowest BCUT2D eigenvalue weighted by Gasteiger charge is -2.21. The molecule has 2 amide bonds. The molecule has 0 aliphatic carbocycles. The molecule has 5 nitrogen and oxygen atoms in total. The number of anilines is 1. The van der Waals surface area contributed by atoms with Gasteiger partial charge in [-0.15, -0.1) is 0 Å². The Balaban J connectivity index is 1.90. The van der Waals surface area contributed by atoms with Gasteiger partial charge in [-0.2, -0.15) is 0 Å². The largest absolute Gasteiger partial charge is 0.495 e. The fraction of sp³-hybridized carbons (Fsp3) is 0.300. The number of nitrogens with zero attached hydrogens (tertiary/aromatic N) is 1. The molecule has 0 atom stereocenters. The van der Waals surface area contributed by atoms with Crippen molar-refractivity contribution in [2.24, 2.45) is 0 Å². The van der Waals surface area contributed by atoms with Gasteiger partial charge in [0.15, 0.2) is 0 Å². The molecule has 0 aromatic heterocycles. The molecular weight excluding hydrogens is 352 g/mol. The van der Waals surface area contributed by atoms with E-state index >= 15 is 0 Å². The number of aryl methyl sites for hydroxylation is 1. The minimum Gasteiger partial charge on any atom is -0.495 e.